The second-order valence-electron chi connectivity index (χ2n) is 9.68. The van der Waals surface area contributed by atoms with Crippen molar-refractivity contribution in [3.05, 3.63) is 84.1 Å². The van der Waals surface area contributed by atoms with E-state index in [0.29, 0.717) is 5.82 Å². The first kappa shape index (κ1) is 24.6. The van der Waals surface area contributed by atoms with E-state index in [1.807, 2.05) is 82.3 Å². The zero-order valence-electron chi connectivity index (χ0n) is 20.6. The van der Waals surface area contributed by atoms with E-state index in [9.17, 15) is 13.2 Å². The summed E-state index contributed by atoms with van der Waals surface area (Å²) in [6, 6.07) is 22.1. The molecule has 0 spiro atoms. The molecule has 1 heterocycles. The fourth-order valence-electron chi connectivity index (χ4n) is 3.80. The summed E-state index contributed by atoms with van der Waals surface area (Å²) >= 11 is 0. The Morgan fingerprint density at radius 1 is 0.971 bits per heavy atom. The Hall–Kier alpha value is -3.49. The minimum atomic E-state index is -3.85. The first-order chi connectivity index (χ1) is 16.5. The first-order valence-corrected chi connectivity index (χ1v) is 12.8. The van der Waals surface area contributed by atoms with E-state index in [1.165, 1.54) is 7.05 Å². The van der Waals surface area contributed by atoms with Crippen LogP contribution in [-0.2, 0) is 20.2 Å². The zero-order chi connectivity index (χ0) is 25.4. The molecule has 3 aromatic carbocycles. The van der Waals surface area contributed by atoms with Crippen LogP contribution in [0.2, 0.25) is 0 Å². The van der Waals surface area contributed by atoms with E-state index in [4.69, 9.17) is 5.10 Å². The maximum atomic E-state index is 13.2. The van der Waals surface area contributed by atoms with Crippen molar-refractivity contribution in [2.75, 3.05) is 18.9 Å². The maximum Gasteiger partial charge on any atom is 0.243 e. The predicted octanol–water partition coefficient (Wildman–Crippen LogP) is 4.89. The number of hydrogen-bond acceptors (Lipinski definition) is 4. The Kier molecular flexibility index (Phi) is 6.53. The van der Waals surface area contributed by atoms with Crippen molar-refractivity contribution >= 4 is 32.5 Å². The Labute approximate surface area is 206 Å². The largest absolute Gasteiger partial charge is 0.309 e. The normalized spacial score (nSPS) is 12.3. The number of rotatable bonds is 6. The number of anilines is 1. The molecule has 1 aromatic heterocycles. The summed E-state index contributed by atoms with van der Waals surface area (Å²) in [7, 11) is -2.45. The van der Waals surface area contributed by atoms with Crippen molar-refractivity contribution in [3.63, 3.8) is 0 Å². The third-order valence-corrected chi connectivity index (χ3v) is 7.68. The van der Waals surface area contributed by atoms with E-state index < -0.39 is 15.9 Å². The number of fused-ring (bicyclic) bond motifs is 1. The molecule has 0 bridgehead atoms. The molecule has 0 saturated carbocycles. The number of amides is 1. The van der Waals surface area contributed by atoms with E-state index >= 15 is 0 Å². The van der Waals surface area contributed by atoms with Gasteiger partial charge in [0.15, 0.2) is 0 Å². The number of para-hydroxylation sites is 1. The third-order valence-electron chi connectivity index (χ3n) is 5.88. The number of nitrogens with zero attached hydrogens (tertiary/aromatic N) is 3. The molecule has 0 aliphatic carbocycles. The Balaban J connectivity index is 1.59. The molecule has 0 aliphatic rings. The van der Waals surface area contributed by atoms with Crippen LogP contribution < -0.4 is 5.32 Å². The van der Waals surface area contributed by atoms with Crippen molar-refractivity contribution in [2.45, 2.75) is 38.0 Å². The standard InChI is InChI=1S/C27H30N4O3S/c1-19-10-6-9-13-23(19)31-25(17-24(29-31)27(2,3)4)28-26(32)18-30(5)35(33,34)22-15-14-20-11-7-8-12-21(20)16-22/h6-17H,18H2,1-5H3,(H,28,32). The molecular formula is C27H30N4O3S. The average molecular weight is 491 g/mol. The van der Waals surface area contributed by atoms with Gasteiger partial charge >= 0.3 is 0 Å². The van der Waals surface area contributed by atoms with E-state index in [-0.39, 0.29) is 16.9 Å². The lowest BCUT2D eigenvalue weighted by Crippen LogP contribution is -2.35. The van der Waals surface area contributed by atoms with Crippen LogP contribution in [0.1, 0.15) is 32.0 Å². The van der Waals surface area contributed by atoms with Crippen LogP contribution >= 0.6 is 0 Å². The summed E-state index contributed by atoms with van der Waals surface area (Å²) in [5.74, 6) is 0.0396. The van der Waals surface area contributed by atoms with Gasteiger partial charge in [0.25, 0.3) is 0 Å². The van der Waals surface area contributed by atoms with Gasteiger partial charge in [0.05, 0.1) is 22.8 Å². The molecule has 0 fully saturated rings. The highest BCUT2D eigenvalue weighted by Gasteiger charge is 2.25. The zero-order valence-corrected chi connectivity index (χ0v) is 21.4. The van der Waals surface area contributed by atoms with Gasteiger partial charge in [-0.2, -0.15) is 9.40 Å². The predicted molar refractivity (Wildman–Crippen MR) is 139 cm³/mol. The summed E-state index contributed by atoms with van der Waals surface area (Å²) in [5, 5.41) is 9.38. The highest BCUT2D eigenvalue weighted by atomic mass is 32.2. The lowest BCUT2D eigenvalue weighted by Gasteiger charge is -2.18. The van der Waals surface area contributed by atoms with Gasteiger partial charge in [0, 0.05) is 18.5 Å². The van der Waals surface area contributed by atoms with Crippen LogP contribution in [0, 0.1) is 6.92 Å². The molecule has 0 aliphatic heterocycles. The quantitative estimate of drug-likeness (QED) is 0.417. The van der Waals surface area contributed by atoms with E-state index in [2.05, 4.69) is 5.32 Å². The minimum absolute atomic E-state index is 0.145. The molecule has 8 heteroatoms. The van der Waals surface area contributed by atoms with Gasteiger partial charge in [-0.25, -0.2) is 13.1 Å². The SMILES string of the molecule is Cc1ccccc1-n1nc(C(C)(C)C)cc1NC(=O)CN(C)S(=O)(=O)c1ccc2ccccc2c1. The van der Waals surface area contributed by atoms with Crippen LogP contribution in [0.15, 0.2) is 77.7 Å². The number of carbonyl (C=O) groups is 1. The number of likely N-dealkylation sites (N-methyl/N-ethyl adjacent to an activating group) is 1. The number of nitrogens with one attached hydrogen (secondary N) is 1. The number of benzene rings is 3. The summed E-state index contributed by atoms with van der Waals surface area (Å²) in [5.41, 5.74) is 2.43. The van der Waals surface area contributed by atoms with Crippen LogP contribution in [0.5, 0.6) is 0 Å². The van der Waals surface area contributed by atoms with Gasteiger partial charge in [-0.05, 0) is 41.5 Å². The molecule has 0 saturated heterocycles. The van der Waals surface area contributed by atoms with Crippen molar-refractivity contribution in [3.8, 4) is 5.69 Å². The Morgan fingerprint density at radius 3 is 2.31 bits per heavy atom. The summed E-state index contributed by atoms with van der Waals surface area (Å²) in [4.78, 5) is 13.1. The number of sulfonamides is 1. The molecular weight excluding hydrogens is 460 g/mol. The summed E-state index contributed by atoms with van der Waals surface area (Å²) < 4.78 is 29.1. The van der Waals surface area contributed by atoms with Gasteiger partial charge in [0.1, 0.15) is 5.82 Å². The Morgan fingerprint density at radius 2 is 1.63 bits per heavy atom. The van der Waals surface area contributed by atoms with E-state index in [0.717, 1.165) is 32.0 Å². The molecule has 7 nitrogen and oxygen atoms in total. The molecule has 4 aromatic rings. The second kappa shape index (κ2) is 9.28. The van der Waals surface area contributed by atoms with Crippen molar-refractivity contribution in [2.24, 2.45) is 0 Å². The Bertz CT molecular complexity index is 1500. The van der Waals surface area contributed by atoms with Gasteiger partial charge in [-0.1, -0.05) is 69.3 Å². The van der Waals surface area contributed by atoms with Crippen LogP contribution in [0.3, 0.4) is 0 Å². The topological polar surface area (TPSA) is 84.3 Å². The van der Waals surface area contributed by atoms with Crippen LogP contribution in [-0.4, -0.2) is 42.0 Å². The summed E-state index contributed by atoms with van der Waals surface area (Å²) in [6.45, 7) is 7.79. The summed E-state index contributed by atoms with van der Waals surface area (Å²) in [6.07, 6.45) is 0. The van der Waals surface area contributed by atoms with Gasteiger partial charge < -0.3 is 5.32 Å². The molecule has 1 N–H and O–H groups in total. The number of hydrogen-bond donors (Lipinski definition) is 1. The van der Waals surface area contributed by atoms with Gasteiger partial charge in [-0.3, -0.25) is 4.79 Å². The smallest absolute Gasteiger partial charge is 0.243 e. The van der Waals surface area contributed by atoms with Crippen molar-refractivity contribution in [1.29, 1.82) is 0 Å². The number of carbonyl (C=O) groups excluding carboxylic acids is 1. The van der Waals surface area contributed by atoms with Crippen molar-refractivity contribution in [1.82, 2.24) is 14.1 Å². The molecule has 182 valence electrons. The van der Waals surface area contributed by atoms with Crippen molar-refractivity contribution < 1.29 is 13.2 Å². The second-order valence-corrected chi connectivity index (χ2v) is 11.7. The third kappa shape index (κ3) is 5.13. The fourth-order valence-corrected chi connectivity index (χ4v) is 4.96. The van der Waals surface area contributed by atoms with Gasteiger partial charge in [-0.15, -0.1) is 0 Å². The van der Waals surface area contributed by atoms with Crippen LogP contribution in [0.25, 0.3) is 16.5 Å². The highest BCUT2D eigenvalue weighted by molar-refractivity contribution is 7.89. The maximum absolute atomic E-state index is 13.2. The monoisotopic (exact) mass is 490 g/mol. The molecule has 4 rings (SSSR count). The fraction of sp³-hybridized carbons (Fsp3) is 0.259. The lowest BCUT2D eigenvalue weighted by molar-refractivity contribution is -0.116. The molecule has 0 radical (unpaired) electrons. The van der Waals surface area contributed by atoms with E-state index in [1.54, 1.807) is 22.9 Å². The van der Waals surface area contributed by atoms with Crippen LogP contribution in [0.4, 0.5) is 5.82 Å². The van der Waals surface area contributed by atoms with Gasteiger partial charge in [0.2, 0.25) is 15.9 Å². The average Bonchev–Trinajstić information content (AvgIpc) is 3.22. The highest BCUT2D eigenvalue weighted by Crippen LogP contribution is 2.27. The first-order valence-electron chi connectivity index (χ1n) is 11.4. The molecule has 0 atom stereocenters. The minimum Gasteiger partial charge on any atom is -0.309 e. The molecule has 0 unspecified atom stereocenters. The lowest BCUT2D eigenvalue weighted by atomic mass is 9.92. The number of aryl methyl sites for hydroxylation is 1. The molecule has 35 heavy (non-hydrogen) atoms. The number of aromatic nitrogens is 2. The molecule has 1 amide bonds.